The Balaban J connectivity index is 2.13. The van der Waals surface area contributed by atoms with E-state index in [1.165, 1.54) is 16.8 Å². The van der Waals surface area contributed by atoms with Gasteiger partial charge in [-0.15, -0.1) is 0 Å². The van der Waals surface area contributed by atoms with E-state index in [9.17, 15) is 0 Å². The number of aliphatic imine (C=N–C) groups is 1. The number of aromatic nitrogens is 2. The van der Waals surface area contributed by atoms with Crippen LogP contribution in [0.15, 0.2) is 35.3 Å². The lowest BCUT2D eigenvalue weighted by atomic mass is 10.2. The lowest BCUT2D eigenvalue weighted by molar-refractivity contribution is 0.658. The first-order valence-corrected chi connectivity index (χ1v) is 8.74. The molecule has 5 heteroatoms. The Bertz CT molecular complexity index is 658. The zero-order valence-corrected chi connectivity index (χ0v) is 15.3. The summed E-state index contributed by atoms with van der Waals surface area (Å²) in [6.45, 7) is 11.6. The van der Waals surface area contributed by atoms with Gasteiger partial charge in [0.2, 0.25) is 0 Å². The Labute approximate surface area is 145 Å². The van der Waals surface area contributed by atoms with Crippen molar-refractivity contribution in [3.63, 3.8) is 0 Å². The Morgan fingerprint density at radius 3 is 2.54 bits per heavy atom. The normalized spacial score (nSPS) is 11.6. The first-order valence-electron chi connectivity index (χ1n) is 8.74. The molecule has 1 aromatic carbocycles. The summed E-state index contributed by atoms with van der Waals surface area (Å²) in [5, 5.41) is 11.3. The number of benzene rings is 1. The third-order valence-electron chi connectivity index (χ3n) is 3.99. The molecule has 0 saturated heterocycles. The highest BCUT2D eigenvalue weighted by Gasteiger charge is 2.11. The molecule has 24 heavy (non-hydrogen) atoms. The molecule has 0 saturated carbocycles. The lowest BCUT2D eigenvalue weighted by Gasteiger charge is -2.10. The predicted molar refractivity (Wildman–Crippen MR) is 100 cm³/mol. The molecule has 5 nitrogen and oxygen atoms in total. The third-order valence-corrected chi connectivity index (χ3v) is 3.99. The van der Waals surface area contributed by atoms with Gasteiger partial charge in [-0.05, 0) is 32.8 Å². The summed E-state index contributed by atoms with van der Waals surface area (Å²) in [5.41, 5.74) is 4.71. The lowest BCUT2D eigenvalue weighted by Crippen LogP contribution is -2.37. The average Bonchev–Trinajstić information content (AvgIpc) is 2.85. The van der Waals surface area contributed by atoms with Crippen molar-refractivity contribution >= 4 is 5.96 Å². The van der Waals surface area contributed by atoms with Crippen molar-refractivity contribution in [1.82, 2.24) is 20.4 Å². The second kappa shape index (κ2) is 9.11. The number of hydrogen-bond acceptors (Lipinski definition) is 2. The number of hydrogen-bond donors (Lipinski definition) is 2. The van der Waals surface area contributed by atoms with Crippen LogP contribution >= 0.6 is 0 Å². The Hall–Kier alpha value is -2.30. The molecule has 0 aliphatic rings. The maximum atomic E-state index is 4.70. The average molecular weight is 327 g/mol. The number of nitrogens with one attached hydrogen (secondary N) is 2. The quantitative estimate of drug-likeness (QED) is 0.607. The minimum absolute atomic E-state index is 0.644. The van der Waals surface area contributed by atoms with Gasteiger partial charge < -0.3 is 10.6 Å². The molecule has 2 N–H and O–H groups in total. The van der Waals surface area contributed by atoms with Crippen molar-refractivity contribution in [2.45, 2.75) is 47.2 Å². The van der Waals surface area contributed by atoms with Gasteiger partial charge in [-0.25, -0.2) is 4.99 Å². The third kappa shape index (κ3) is 4.85. The number of rotatable bonds is 7. The summed E-state index contributed by atoms with van der Waals surface area (Å²) in [5.74, 6) is 0.869. The largest absolute Gasteiger partial charge is 0.357 e. The maximum Gasteiger partial charge on any atom is 0.191 e. The standard InChI is InChI=1S/C19H29N5/c1-5-12-21-19(20-6-2)22-13-18-15(3)23-24(16(18)4)14-17-10-8-7-9-11-17/h7-11H,5-6,12-14H2,1-4H3,(H2,20,21,22). The van der Waals surface area contributed by atoms with Gasteiger partial charge in [-0.2, -0.15) is 5.10 Å². The highest BCUT2D eigenvalue weighted by molar-refractivity contribution is 5.79. The highest BCUT2D eigenvalue weighted by Crippen LogP contribution is 2.15. The first-order chi connectivity index (χ1) is 11.7. The molecule has 2 aromatic rings. The molecule has 0 atom stereocenters. The van der Waals surface area contributed by atoms with Crippen LogP contribution in [0.4, 0.5) is 0 Å². The van der Waals surface area contributed by atoms with Crippen LogP contribution in [0.5, 0.6) is 0 Å². The zero-order chi connectivity index (χ0) is 17.4. The molecule has 0 bridgehead atoms. The molecule has 0 radical (unpaired) electrons. The predicted octanol–water partition coefficient (Wildman–Crippen LogP) is 3.01. The second-order valence-electron chi connectivity index (χ2n) is 5.91. The fourth-order valence-electron chi connectivity index (χ4n) is 2.62. The summed E-state index contributed by atoms with van der Waals surface area (Å²) >= 11 is 0. The van der Waals surface area contributed by atoms with Crippen LogP contribution in [0, 0.1) is 13.8 Å². The molecule has 0 spiro atoms. The van der Waals surface area contributed by atoms with Crippen molar-refractivity contribution in [3.8, 4) is 0 Å². The van der Waals surface area contributed by atoms with Crippen molar-refractivity contribution in [2.24, 2.45) is 4.99 Å². The fraction of sp³-hybridized carbons (Fsp3) is 0.474. The molecule has 1 aromatic heterocycles. The molecule has 0 aliphatic heterocycles. The number of nitrogens with zero attached hydrogens (tertiary/aromatic N) is 3. The summed E-state index contributed by atoms with van der Waals surface area (Å²) in [6, 6.07) is 10.4. The highest BCUT2D eigenvalue weighted by atomic mass is 15.3. The van der Waals surface area contributed by atoms with Crippen molar-refractivity contribution < 1.29 is 0 Å². The van der Waals surface area contributed by atoms with E-state index < -0.39 is 0 Å². The zero-order valence-electron chi connectivity index (χ0n) is 15.3. The van der Waals surface area contributed by atoms with E-state index in [4.69, 9.17) is 10.1 Å². The fourth-order valence-corrected chi connectivity index (χ4v) is 2.62. The van der Waals surface area contributed by atoms with Gasteiger partial charge in [-0.3, -0.25) is 4.68 Å². The van der Waals surface area contributed by atoms with Gasteiger partial charge in [0, 0.05) is 24.3 Å². The van der Waals surface area contributed by atoms with Crippen LogP contribution in [0.25, 0.3) is 0 Å². The molecular weight excluding hydrogens is 298 g/mol. The molecule has 0 unspecified atom stereocenters. The SMILES string of the molecule is CCCNC(=NCc1c(C)nn(Cc2ccccc2)c1C)NCC. The molecular formula is C19H29N5. The minimum atomic E-state index is 0.644. The van der Waals surface area contributed by atoms with Gasteiger partial charge in [0.1, 0.15) is 0 Å². The van der Waals surface area contributed by atoms with E-state index in [1.807, 2.05) is 6.07 Å². The maximum absolute atomic E-state index is 4.70. The topological polar surface area (TPSA) is 54.2 Å². The van der Waals surface area contributed by atoms with Gasteiger partial charge >= 0.3 is 0 Å². The summed E-state index contributed by atoms with van der Waals surface area (Å²) in [4.78, 5) is 4.70. The van der Waals surface area contributed by atoms with Crippen molar-refractivity contribution in [2.75, 3.05) is 13.1 Å². The van der Waals surface area contributed by atoms with Crippen LogP contribution in [-0.2, 0) is 13.1 Å². The van der Waals surface area contributed by atoms with Gasteiger partial charge in [-0.1, -0.05) is 37.3 Å². The number of aryl methyl sites for hydroxylation is 1. The second-order valence-corrected chi connectivity index (χ2v) is 5.91. The molecule has 0 amide bonds. The summed E-state index contributed by atoms with van der Waals surface area (Å²) in [6.07, 6.45) is 1.08. The van der Waals surface area contributed by atoms with Crippen LogP contribution in [0.1, 0.15) is 42.8 Å². The van der Waals surface area contributed by atoms with Crippen LogP contribution < -0.4 is 10.6 Å². The minimum Gasteiger partial charge on any atom is -0.357 e. The molecule has 1 heterocycles. The summed E-state index contributed by atoms with van der Waals surface area (Å²) in [7, 11) is 0. The van der Waals surface area contributed by atoms with E-state index in [0.717, 1.165) is 37.7 Å². The van der Waals surface area contributed by atoms with Crippen molar-refractivity contribution in [3.05, 3.63) is 52.8 Å². The first kappa shape index (κ1) is 18.0. The Kier molecular flexibility index (Phi) is 6.85. The Morgan fingerprint density at radius 2 is 1.88 bits per heavy atom. The molecule has 0 aliphatic carbocycles. The van der Waals surface area contributed by atoms with Gasteiger partial charge in [0.05, 0.1) is 18.8 Å². The van der Waals surface area contributed by atoms with Gasteiger partial charge in [0.15, 0.2) is 5.96 Å². The number of guanidine groups is 1. The Morgan fingerprint density at radius 1 is 1.12 bits per heavy atom. The van der Waals surface area contributed by atoms with Crippen LogP contribution in [0.2, 0.25) is 0 Å². The monoisotopic (exact) mass is 327 g/mol. The van der Waals surface area contributed by atoms with E-state index in [-0.39, 0.29) is 0 Å². The van der Waals surface area contributed by atoms with E-state index in [0.29, 0.717) is 6.54 Å². The molecule has 2 rings (SSSR count). The van der Waals surface area contributed by atoms with Crippen LogP contribution in [-0.4, -0.2) is 28.8 Å². The summed E-state index contributed by atoms with van der Waals surface area (Å²) < 4.78 is 2.07. The van der Waals surface area contributed by atoms with E-state index in [1.54, 1.807) is 0 Å². The molecule has 0 fully saturated rings. The van der Waals surface area contributed by atoms with Gasteiger partial charge in [0.25, 0.3) is 0 Å². The van der Waals surface area contributed by atoms with Crippen molar-refractivity contribution in [1.29, 1.82) is 0 Å². The van der Waals surface area contributed by atoms with E-state index >= 15 is 0 Å². The van der Waals surface area contributed by atoms with E-state index in [2.05, 4.69) is 67.3 Å². The van der Waals surface area contributed by atoms with Crippen LogP contribution in [0.3, 0.4) is 0 Å². The molecule has 130 valence electrons. The smallest absolute Gasteiger partial charge is 0.191 e.